The molecule has 1 aliphatic heterocycles. The number of ether oxygens (including phenoxy) is 1. The average molecular weight is 226 g/mol. The van der Waals surface area contributed by atoms with E-state index < -0.39 is 0 Å². The van der Waals surface area contributed by atoms with Gasteiger partial charge < -0.3 is 10.5 Å². The number of morpholine rings is 1. The summed E-state index contributed by atoms with van der Waals surface area (Å²) < 4.78 is 5.79. The topological polar surface area (TPSA) is 38.5 Å². The van der Waals surface area contributed by atoms with Gasteiger partial charge in [0.25, 0.3) is 0 Å². The SMILES string of the molecule is C[C@@H]1CN(C(C)(CN)CC2CC2)C[C@H](C)O1. The lowest BCUT2D eigenvalue weighted by atomic mass is 9.91. The molecule has 0 spiro atoms. The smallest absolute Gasteiger partial charge is 0.0678 e. The fraction of sp³-hybridized carbons (Fsp3) is 1.00. The standard InChI is InChI=1S/C13H26N2O/c1-10-7-15(8-11(2)16-10)13(3,9-14)6-12-4-5-12/h10-12H,4-9,14H2,1-3H3/t10-,11+,13?. The predicted octanol–water partition coefficient (Wildman–Crippen LogP) is 1.61. The molecular weight excluding hydrogens is 200 g/mol. The van der Waals surface area contributed by atoms with E-state index in [1.54, 1.807) is 0 Å². The van der Waals surface area contributed by atoms with Gasteiger partial charge in [-0.15, -0.1) is 0 Å². The lowest BCUT2D eigenvalue weighted by Crippen LogP contribution is -2.59. The van der Waals surface area contributed by atoms with Crippen molar-refractivity contribution in [1.82, 2.24) is 4.90 Å². The number of nitrogens with zero attached hydrogens (tertiary/aromatic N) is 1. The summed E-state index contributed by atoms with van der Waals surface area (Å²) in [6.07, 6.45) is 4.77. The maximum Gasteiger partial charge on any atom is 0.0678 e. The molecule has 2 N–H and O–H groups in total. The van der Waals surface area contributed by atoms with E-state index in [0.29, 0.717) is 12.2 Å². The fourth-order valence-corrected chi connectivity index (χ4v) is 2.90. The summed E-state index contributed by atoms with van der Waals surface area (Å²) in [6.45, 7) is 9.49. The Morgan fingerprint density at radius 3 is 2.25 bits per heavy atom. The van der Waals surface area contributed by atoms with E-state index >= 15 is 0 Å². The molecule has 2 rings (SSSR count). The van der Waals surface area contributed by atoms with E-state index in [2.05, 4.69) is 25.7 Å². The third-order valence-corrected chi connectivity index (χ3v) is 4.05. The molecule has 2 aliphatic rings. The van der Waals surface area contributed by atoms with Crippen molar-refractivity contribution in [2.24, 2.45) is 11.7 Å². The predicted molar refractivity (Wildman–Crippen MR) is 66.4 cm³/mol. The van der Waals surface area contributed by atoms with Crippen LogP contribution in [-0.2, 0) is 4.74 Å². The maximum atomic E-state index is 6.02. The van der Waals surface area contributed by atoms with Crippen molar-refractivity contribution >= 4 is 0 Å². The molecule has 1 saturated heterocycles. The van der Waals surface area contributed by atoms with Gasteiger partial charge >= 0.3 is 0 Å². The first-order chi connectivity index (χ1) is 7.53. The molecule has 0 radical (unpaired) electrons. The molecule has 94 valence electrons. The van der Waals surface area contributed by atoms with Gasteiger partial charge in [-0.1, -0.05) is 12.8 Å². The van der Waals surface area contributed by atoms with Crippen LogP contribution in [0, 0.1) is 5.92 Å². The molecule has 3 atom stereocenters. The molecule has 3 nitrogen and oxygen atoms in total. The molecule has 1 saturated carbocycles. The van der Waals surface area contributed by atoms with Gasteiger partial charge in [0, 0.05) is 25.2 Å². The van der Waals surface area contributed by atoms with Gasteiger partial charge in [0.05, 0.1) is 12.2 Å². The first kappa shape index (κ1) is 12.3. The van der Waals surface area contributed by atoms with Gasteiger partial charge in [-0.25, -0.2) is 0 Å². The van der Waals surface area contributed by atoms with E-state index in [0.717, 1.165) is 25.6 Å². The van der Waals surface area contributed by atoms with Crippen molar-refractivity contribution in [2.45, 2.75) is 57.8 Å². The highest BCUT2D eigenvalue weighted by molar-refractivity contribution is 4.95. The molecule has 0 aromatic heterocycles. The highest BCUT2D eigenvalue weighted by Crippen LogP contribution is 2.39. The Morgan fingerprint density at radius 2 is 1.81 bits per heavy atom. The first-order valence-corrected chi connectivity index (χ1v) is 6.64. The lowest BCUT2D eigenvalue weighted by molar-refractivity contribution is -0.0996. The van der Waals surface area contributed by atoms with Crippen LogP contribution >= 0.6 is 0 Å². The fourth-order valence-electron chi connectivity index (χ4n) is 2.90. The van der Waals surface area contributed by atoms with E-state index in [4.69, 9.17) is 10.5 Å². The second kappa shape index (κ2) is 4.63. The molecule has 2 fully saturated rings. The summed E-state index contributed by atoms with van der Waals surface area (Å²) in [5.41, 5.74) is 6.21. The van der Waals surface area contributed by atoms with Gasteiger partial charge in [0.2, 0.25) is 0 Å². The molecule has 0 amide bonds. The van der Waals surface area contributed by atoms with Crippen LogP contribution in [-0.4, -0.2) is 42.3 Å². The van der Waals surface area contributed by atoms with Crippen molar-refractivity contribution in [3.05, 3.63) is 0 Å². The molecule has 16 heavy (non-hydrogen) atoms. The van der Waals surface area contributed by atoms with Crippen LogP contribution in [0.4, 0.5) is 0 Å². The molecule has 0 aromatic rings. The van der Waals surface area contributed by atoms with Crippen LogP contribution in [0.15, 0.2) is 0 Å². The average Bonchev–Trinajstić information content (AvgIpc) is 3.00. The van der Waals surface area contributed by atoms with Crippen LogP contribution < -0.4 is 5.73 Å². The minimum absolute atomic E-state index is 0.188. The molecule has 1 aliphatic carbocycles. The summed E-state index contributed by atoms with van der Waals surface area (Å²) in [5.74, 6) is 0.932. The second-order valence-electron chi connectivity index (χ2n) is 6.01. The van der Waals surface area contributed by atoms with Crippen LogP contribution in [0.2, 0.25) is 0 Å². The van der Waals surface area contributed by atoms with E-state index in [9.17, 15) is 0 Å². The van der Waals surface area contributed by atoms with Gasteiger partial charge in [-0.2, -0.15) is 0 Å². The number of hydrogen-bond acceptors (Lipinski definition) is 3. The minimum Gasteiger partial charge on any atom is -0.373 e. The number of hydrogen-bond donors (Lipinski definition) is 1. The van der Waals surface area contributed by atoms with E-state index in [1.807, 2.05) is 0 Å². The summed E-state index contributed by atoms with van der Waals surface area (Å²) >= 11 is 0. The zero-order chi connectivity index (χ0) is 11.8. The van der Waals surface area contributed by atoms with Gasteiger partial charge in [0.15, 0.2) is 0 Å². The van der Waals surface area contributed by atoms with Crippen LogP contribution in [0.5, 0.6) is 0 Å². The number of rotatable bonds is 4. The Labute approximate surface area is 99.3 Å². The Morgan fingerprint density at radius 1 is 1.25 bits per heavy atom. The minimum atomic E-state index is 0.188. The second-order valence-corrected chi connectivity index (χ2v) is 6.01. The normalized spacial score (nSPS) is 36.0. The quantitative estimate of drug-likeness (QED) is 0.791. The van der Waals surface area contributed by atoms with Crippen molar-refractivity contribution in [1.29, 1.82) is 0 Å². The van der Waals surface area contributed by atoms with Crippen LogP contribution in [0.3, 0.4) is 0 Å². The van der Waals surface area contributed by atoms with Crippen LogP contribution in [0.1, 0.15) is 40.0 Å². The van der Waals surface area contributed by atoms with Crippen LogP contribution in [0.25, 0.3) is 0 Å². The molecule has 1 unspecified atom stereocenters. The molecule has 0 bridgehead atoms. The summed E-state index contributed by atoms with van der Waals surface area (Å²) in [6, 6.07) is 0. The Bertz CT molecular complexity index is 232. The van der Waals surface area contributed by atoms with Gasteiger partial charge in [-0.3, -0.25) is 4.90 Å². The van der Waals surface area contributed by atoms with Crippen molar-refractivity contribution in [2.75, 3.05) is 19.6 Å². The first-order valence-electron chi connectivity index (χ1n) is 6.64. The van der Waals surface area contributed by atoms with Gasteiger partial charge in [-0.05, 0) is 33.1 Å². The van der Waals surface area contributed by atoms with Gasteiger partial charge in [0.1, 0.15) is 0 Å². The Balaban J connectivity index is 2.00. The third kappa shape index (κ3) is 2.76. The molecule has 3 heteroatoms. The summed E-state index contributed by atoms with van der Waals surface area (Å²) in [7, 11) is 0. The van der Waals surface area contributed by atoms with E-state index in [-0.39, 0.29) is 5.54 Å². The Kier molecular flexibility index (Phi) is 3.57. The monoisotopic (exact) mass is 226 g/mol. The van der Waals surface area contributed by atoms with Crippen molar-refractivity contribution in [3.8, 4) is 0 Å². The van der Waals surface area contributed by atoms with Crippen molar-refractivity contribution in [3.63, 3.8) is 0 Å². The molecule has 0 aromatic carbocycles. The zero-order valence-electron chi connectivity index (χ0n) is 10.9. The number of nitrogens with two attached hydrogens (primary N) is 1. The van der Waals surface area contributed by atoms with Crippen molar-refractivity contribution < 1.29 is 4.74 Å². The molecular formula is C13H26N2O. The molecule has 1 heterocycles. The zero-order valence-corrected chi connectivity index (χ0v) is 10.9. The largest absolute Gasteiger partial charge is 0.373 e. The third-order valence-electron chi connectivity index (χ3n) is 4.05. The van der Waals surface area contributed by atoms with E-state index in [1.165, 1.54) is 19.3 Å². The highest BCUT2D eigenvalue weighted by atomic mass is 16.5. The summed E-state index contributed by atoms with van der Waals surface area (Å²) in [4.78, 5) is 2.56. The highest BCUT2D eigenvalue weighted by Gasteiger charge is 2.39. The summed E-state index contributed by atoms with van der Waals surface area (Å²) in [5, 5.41) is 0. The maximum absolute atomic E-state index is 6.02. The lowest BCUT2D eigenvalue weighted by Gasteiger charge is -2.46. The Hall–Kier alpha value is -0.120.